The lowest BCUT2D eigenvalue weighted by Gasteiger charge is -2.30. The first kappa shape index (κ1) is 27.6. The lowest BCUT2D eigenvalue weighted by molar-refractivity contribution is -0.142. The molecule has 0 N–H and O–H groups in total. The molecule has 0 unspecified atom stereocenters. The van der Waals surface area contributed by atoms with Crippen LogP contribution in [0.3, 0.4) is 0 Å². The highest BCUT2D eigenvalue weighted by Gasteiger charge is 2.37. The van der Waals surface area contributed by atoms with Crippen LogP contribution in [0.5, 0.6) is 5.75 Å². The van der Waals surface area contributed by atoms with E-state index >= 15 is 0 Å². The van der Waals surface area contributed by atoms with E-state index in [9.17, 15) is 14.9 Å². The van der Waals surface area contributed by atoms with Gasteiger partial charge in [-0.2, -0.15) is 10.4 Å². The number of nitriles is 1. The highest BCUT2D eigenvalue weighted by molar-refractivity contribution is 6.31. The summed E-state index contributed by atoms with van der Waals surface area (Å²) in [5, 5.41) is 15.2. The van der Waals surface area contributed by atoms with Gasteiger partial charge in [0, 0.05) is 39.5 Å². The Morgan fingerprint density at radius 2 is 1.73 bits per heavy atom. The van der Waals surface area contributed by atoms with Crippen LogP contribution in [0.15, 0.2) is 102 Å². The molecule has 8 heteroatoms. The van der Waals surface area contributed by atoms with Gasteiger partial charge in [0.2, 0.25) is 0 Å². The molecule has 5 rings (SSSR count). The van der Waals surface area contributed by atoms with Crippen molar-refractivity contribution in [1.29, 1.82) is 5.26 Å². The van der Waals surface area contributed by atoms with E-state index in [1.165, 1.54) is 0 Å². The van der Waals surface area contributed by atoms with E-state index in [0.29, 0.717) is 34.2 Å². The second-order valence-corrected chi connectivity index (χ2v) is 10.3. The Balaban J connectivity index is 1.61. The Kier molecular flexibility index (Phi) is 7.86. The Morgan fingerprint density at radius 3 is 2.44 bits per heavy atom. The van der Waals surface area contributed by atoms with Gasteiger partial charge in [0.25, 0.3) is 11.8 Å². The SMILES string of the molecule is CC1=C(C#N)C(=O)N(C(C)C)C(=O)/C1=C/c1cn(-c2ccccc2)nc1-c1cccc(OCc2ccccc2Cl)c1. The number of ether oxygens (including phenoxy) is 1. The molecular weight excluding hydrogens is 536 g/mol. The summed E-state index contributed by atoms with van der Waals surface area (Å²) in [4.78, 5) is 27.5. The molecule has 0 saturated carbocycles. The largest absolute Gasteiger partial charge is 0.489 e. The molecule has 0 atom stereocenters. The molecule has 0 fully saturated rings. The second kappa shape index (κ2) is 11.7. The summed E-state index contributed by atoms with van der Waals surface area (Å²) in [6.07, 6.45) is 3.54. The number of hydrogen-bond acceptors (Lipinski definition) is 5. The molecule has 7 nitrogen and oxygen atoms in total. The Morgan fingerprint density at radius 1 is 1.00 bits per heavy atom. The van der Waals surface area contributed by atoms with Gasteiger partial charge in [0.05, 0.1) is 5.69 Å². The van der Waals surface area contributed by atoms with Crippen molar-refractivity contribution in [3.05, 3.63) is 118 Å². The van der Waals surface area contributed by atoms with E-state index in [2.05, 4.69) is 0 Å². The number of carbonyl (C=O) groups is 2. The number of nitrogens with zero attached hydrogens (tertiary/aromatic N) is 4. The smallest absolute Gasteiger partial charge is 0.271 e. The maximum absolute atomic E-state index is 13.5. The van der Waals surface area contributed by atoms with E-state index in [1.807, 2.05) is 91.1 Å². The van der Waals surface area contributed by atoms with E-state index in [4.69, 9.17) is 21.4 Å². The maximum atomic E-state index is 13.5. The fraction of sp³-hybridized carbons (Fsp3) is 0.152. The molecule has 1 aliphatic rings. The molecule has 0 bridgehead atoms. The highest BCUT2D eigenvalue weighted by atomic mass is 35.5. The zero-order valence-corrected chi connectivity index (χ0v) is 23.6. The zero-order valence-electron chi connectivity index (χ0n) is 22.8. The number of hydrogen-bond donors (Lipinski definition) is 0. The van der Waals surface area contributed by atoms with Crippen LogP contribution in [-0.4, -0.2) is 32.5 Å². The van der Waals surface area contributed by atoms with Crippen molar-refractivity contribution < 1.29 is 14.3 Å². The van der Waals surface area contributed by atoms with Crippen molar-refractivity contribution in [2.24, 2.45) is 0 Å². The van der Waals surface area contributed by atoms with Crippen LogP contribution in [-0.2, 0) is 16.2 Å². The summed E-state index contributed by atoms with van der Waals surface area (Å²) in [5.41, 5.74) is 4.30. The van der Waals surface area contributed by atoms with Gasteiger partial charge in [-0.05, 0) is 62.8 Å². The topological polar surface area (TPSA) is 88.2 Å². The van der Waals surface area contributed by atoms with Crippen molar-refractivity contribution in [1.82, 2.24) is 14.7 Å². The standard InChI is InChI=1S/C33H27ClN4O3/c1-21(2)38-32(39)28(22(3)29(18-35)33(38)40)17-25-19-37(26-12-5-4-6-13-26)36-31(25)23-11-9-14-27(16-23)41-20-24-10-7-8-15-30(24)34/h4-17,19,21H,20H2,1-3H3/b28-17+. The first-order valence-corrected chi connectivity index (χ1v) is 13.5. The molecule has 0 aliphatic carbocycles. The predicted molar refractivity (Wildman–Crippen MR) is 158 cm³/mol. The predicted octanol–water partition coefficient (Wildman–Crippen LogP) is 6.77. The van der Waals surface area contributed by atoms with Gasteiger partial charge >= 0.3 is 0 Å². The molecule has 41 heavy (non-hydrogen) atoms. The van der Waals surface area contributed by atoms with Gasteiger partial charge in [-0.25, -0.2) is 4.68 Å². The number of amides is 2. The lowest BCUT2D eigenvalue weighted by atomic mass is 9.92. The Hall–Kier alpha value is -4.93. The number of carbonyl (C=O) groups excluding carboxylic acids is 2. The number of halogens is 1. The van der Waals surface area contributed by atoms with Crippen molar-refractivity contribution in [3.8, 4) is 28.8 Å². The van der Waals surface area contributed by atoms with Crippen molar-refractivity contribution >= 4 is 29.5 Å². The molecule has 0 saturated heterocycles. The number of imide groups is 1. The van der Waals surface area contributed by atoms with Crippen molar-refractivity contribution in [3.63, 3.8) is 0 Å². The van der Waals surface area contributed by atoms with E-state index in [-0.39, 0.29) is 11.1 Å². The van der Waals surface area contributed by atoms with Gasteiger partial charge in [0.1, 0.15) is 29.7 Å². The third-order valence-electron chi connectivity index (χ3n) is 6.81. The number of aromatic nitrogens is 2. The molecule has 2 amide bonds. The molecular formula is C33H27ClN4O3. The number of para-hydroxylation sites is 1. The summed E-state index contributed by atoms with van der Waals surface area (Å²) in [6, 6.07) is 26.2. The van der Waals surface area contributed by atoms with Gasteiger partial charge in [-0.3, -0.25) is 14.5 Å². The summed E-state index contributed by atoms with van der Waals surface area (Å²) in [5.74, 6) is -0.397. The average Bonchev–Trinajstić information content (AvgIpc) is 3.39. The van der Waals surface area contributed by atoms with Crippen LogP contribution in [0.4, 0.5) is 0 Å². The van der Waals surface area contributed by atoms with Crippen LogP contribution in [0.1, 0.15) is 31.9 Å². The number of benzene rings is 3. The molecule has 0 spiro atoms. The molecule has 0 radical (unpaired) electrons. The summed E-state index contributed by atoms with van der Waals surface area (Å²) in [6.45, 7) is 5.42. The molecule has 3 aromatic carbocycles. The fourth-order valence-corrected chi connectivity index (χ4v) is 4.85. The van der Waals surface area contributed by atoms with Crippen molar-refractivity contribution in [2.75, 3.05) is 0 Å². The molecule has 4 aromatic rings. The molecule has 1 aliphatic heterocycles. The van der Waals surface area contributed by atoms with Gasteiger partial charge in [-0.1, -0.05) is 60.1 Å². The van der Waals surface area contributed by atoms with Crippen LogP contribution < -0.4 is 4.74 Å². The summed E-state index contributed by atoms with van der Waals surface area (Å²) < 4.78 is 7.79. The molecule has 204 valence electrons. The third-order valence-corrected chi connectivity index (χ3v) is 7.18. The van der Waals surface area contributed by atoms with E-state index in [1.54, 1.807) is 31.5 Å². The minimum atomic E-state index is -0.578. The van der Waals surface area contributed by atoms with Crippen LogP contribution in [0, 0.1) is 11.3 Å². The van der Waals surface area contributed by atoms with Crippen molar-refractivity contribution in [2.45, 2.75) is 33.4 Å². The van der Waals surface area contributed by atoms with E-state index in [0.717, 1.165) is 21.7 Å². The van der Waals surface area contributed by atoms with E-state index < -0.39 is 17.9 Å². The average molecular weight is 563 g/mol. The first-order chi connectivity index (χ1) is 19.8. The Labute approximate surface area is 243 Å². The minimum absolute atomic E-state index is 0.0449. The van der Waals surface area contributed by atoms with Gasteiger partial charge in [0.15, 0.2) is 0 Å². The van der Waals surface area contributed by atoms with Gasteiger partial charge in [-0.15, -0.1) is 0 Å². The molecule has 2 heterocycles. The van der Waals surface area contributed by atoms with Crippen LogP contribution in [0.25, 0.3) is 23.0 Å². The Bertz CT molecular complexity index is 1750. The lowest BCUT2D eigenvalue weighted by Crippen LogP contribution is -2.46. The second-order valence-electron chi connectivity index (χ2n) is 9.86. The maximum Gasteiger partial charge on any atom is 0.271 e. The third kappa shape index (κ3) is 5.56. The van der Waals surface area contributed by atoms with Crippen LogP contribution in [0.2, 0.25) is 5.02 Å². The molecule has 1 aromatic heterocycles. The fourth-order valence-electron chi connectivity index (χ4n) is 4.66. The quantitative estimate of drug-likeness (QED) is 0.183. The van der Waals surface area contributed by atoms with Gasteiger partial charge < -0.3 is 4.74 Å². The summed E-state index contributed by atoms with van der Waals surface area (Å²) in [7, 11) is 0. The highest BCUT2D eigenvalue weighted by Crippen LogP contribution is 2.33. The summed E-state index contributed by atoms with van der Waals surface area (Å²) >= 11 is 6.30. The number of rotatable bonds is 7. The first-order valence-electron chi connectivity index (χ1n) is 13.1. The monoisotopic (exact) mass is 562 g/mol. The van der Waals surface area contributed by atoms with Crippen LogP contribution >= 0.6 is 11.6 Å². The minimum Gasteiger partial charge on any atom is -0.489 e. The normalized spacial score (nSPS) is 14.6. The zero-order chi connectivity index (χ0) is 29.1.